The number of anilines is 2. The zero-order valence-corrected chi connectivity index (χ0v) is 11.4. The Kier molecular flexibility index (Phi) is 3.81. The number of nitrogens with two attached hydrogens (primary N) is 1. The summed E-state index contributed by atoms with van der Waals surface area (Å²) in [6.45, 7) is 0. The fourth-order valence-corrected chi connectivity index (χ4v) is 1.74. The van der Waals surface area contributed by atoms with Gasteiger partial charge in [0.25, 0.3) is 0 Å². The smallest absolute Gasteiger partial charge is 0.152 e. The van der Waals surface area contributed by atoms with Gasteiger partial charge < -0.3 is 15.4 Å². The second-order valence-corrected chi connectivity index (χ2v) is 4.71. The molecule has 0 amide bonds. The van der Waals surface area contributed by atoms with E-state index in [1.807, 2.05) is 37.2 Å². The molecule has 2 aromatic rings. The Morgan fingerprint density at radius 1 is 1.21 bits per heavy atom. The van der Waals surface area contributed by atoms with Crippen LogP contribution in [-0.2, 0) is 0 Å². The van der Waals surface area contributed by atoms with Crippen LogP contribution < -0.4 is 15.4 Å². The van der Waals surface area contributed by atoms with Crippen LogP contribution >= 0.6 is 11.6 Å². The summed E-state index contributed by atoms with van der Waals surface area (Å²) in [6.07, 6.45) is 0. The Hall–Kier alpha value is -1.94. The molecule has 0 unspecified atom stereocenters. The number of nitrogen functional groups attached to an aromatic ring is 1. The van der Waals surface area contributed by atoms with E-state index in [1.54, 1.807) is 6.07 Å². The molecule has 0 fully saturated rings. The minimum absolute atomic E-state index is 0.0204. The maximum absolute atomic E-state index is 13.2. The highest BCUT2D eigenvalue weighted by Crippen LogP contribution is 2.33. The van der Waals surface area contributed by atoms with Crippen molar-refractivity contribution in [3.05, 3.63) is 47.2 Å². The van der Waals surface area contributed by atoms with Gasteiger partial charge in [0.2, 0.25) is 0 Å². The molecule has 0 atom stereocenters. The molecule has 0 aliphatic rings. The summed E-state index contributed by atoms with van der Waals surface area (Å²) in [4.78, 5) is 1.95. The Labute approximate surface area is 116 Å². The van der Waals surface area contributed by atoms with Crippen LogP contribution in [0.4, 0.5) is 15.8 Å². The lowest BCUT2D eigenvalue weighted by molar-refractivity contribution is 0.483. The van der Waals surface area contributed by atoms with E-state index in [2.05, 4.69) is 0 Å². The van der Waals surface area contributed by atoms with Crippen LogP contribution in [0, 0.1) is 5.82 Å². The lowest BCUT2D eigenvalue weighted by Gasteiger charge is -2.14. The van der Waals surface area contributed by atoms with Gasteiger partial charge in [-0.05, 0) is 12.1 Å². The SMILES string of the molecule is CN(C)c1cccc(Oc2cc(Cl)c(F)cc2N)c1. The van der Waals surface area contributed by atoms with Crippen molar-refractivity contribution in [3.63, 3.8) is 0 Å². The highest BCUT2D eigenvalue weighted by Gasteiger charge is 2.09. The fourth-order valence-electron chi connectivity index (χ4n) is 1.58. The standard InChI is InChI=1S/C14H14ClFN2O/c1-18(2)9-4-3-5-10(6-9)19-14-7-11(15)12(16)8-13(14)17/h3-8H,17H2,1-2H3. The highest BCUT2D eigenvalue weighted by atomic mass is 35.5. The van der Waals surface area contributed by atoms with Crippen molar-refractivity contribution in [2.45, 2.75) is 0 Å². The van der Waals surface area contributed by atoms with E-state index in [4.69, 9.17) is 22.1 Å². The third-order valence-electron chi connectivity index (χ3n) is 2.61. The molecule has 0 aromatic heterocycles. The summed E-state index contributed by atoms with van der Waals surface area (Å²) >= 11 is 5.71. The average Bonchev–Trinajstić information content (AvgIpc) is 2.36. The molecule has 0 aliphatic heterocycles. The van der Waals surface area contributed by atoms with Crippen molar-refractivity contribution in [2.24, 2.45) is 0 Å². The predicted octanol–water partition coefficient (Wildman–Crippen LogP) is 3.92. The molecule has 100 valence electrons. The first kappa shape index (κ1) is 13.5. The van der Waals surface area contributed by atoms with Gasteiger partial charge in [-0.3, -0.25) is 0 Å². The lowest BCUT2D eigenvalue weighted by Crippen LogP contribution is -2.08. The highest BCUT2D eigenvalue weighted by molar-refractivity contribution is 6.31. The topological polar surface area (TPSA) is 38.5 Å². The molecule has 2 rings (SSSR count). The lowest BCUT2D eigenvalue weighted by atomic mass is 10.2. The van der Waals surface area contributed by atoms with Gasteiger partial charge in [0, 0.05) is 38.0 Å². The maximum atomic E-state index is 13.2. The third-order valence-corrected chi connectivity index (χ3v) is 2.90. The van der Waals surface area contributed by atoms with Gasteiger partial charge in [0.15, 0.2) is 5.75 Å². The number of nitrogens with zero attached hydrogens (tertiary/aromatic N) is 1. The normalized spacial score (nSPS) is 10.3. The largest absolute Gasteiger partial charge is 0.455 e. The van der Waals surface area contributed by atoms with E-state index >= 15 is 0 Å². The van der Waals surface area contributed by atoms with Crippen molar-refractivity contribution in [1.29, 1.82) is 0 Å². The van der Waals surface area contributed by atoms with Gasteiger partial charge in [-0.1, -0.05) is 17.7 Å². The second-order valence-electron chi connectivity index (χ2n) is 4.30. The van der Waals surface area contributed by atoms with E-state index in [0.29, 0.717) is 11.5 Å². The zero-order chi connectivity index (χ0) is 14.0. The number of ether oxygens (including phenoxy) is 1. The van der Waals surface area contributed by atoms with Gasteiger partial charge in [0.05, 0.1) is 10.7 Å². The van der Waals surface area contributed by atoms with Crippen molar-refractivity contribution in [3.8, 4) is 11.5 Å². The molecule has 0 bridgehead atoms. The van der Waals surface area contributed by atoms with Crippen molar-refractivity contribution >= 4 is 23.0 Å². The summed E-state index contributed by atoms with van der Waals surface area (Å²) in [5.74, 6) is 0.386. The van der Waals surface area contributed by atoms with Crippen LogP contribution in [0.3, 0.4) is 0 Å². The van der Waals surface area contributed by atoms with Crippen LogP contribution in [0.2, 0.25) is 5.02 Å². The van der Waals surface area contributed by atoms with Gasteiger partial charge in [-0.15, -0.1) is 0 Å². The van der Waals surface area contributed by atoms with E-state index < -0.39 is 5.82 Å². The molecule has 0 radical (unpaired) electrons. The first-order valence-electron chi connectivity index (χ1n) is 5.67. The summed E-state index contributed by atoms with van der Waals surface area (Å²) in [5, 5.41) is -0.0204. The van der Waals surface area contributed by atoms with E-state index in [1.165, 1.54) is 6.07 Å². The molecular formula is C14H14ClFN2O. The minimum atomic E-state index is -0.562. The van der Waals surface area contributed by atoms with E-state index in [-0.39, 0.29) is 10.7 Å². The first-order valence-corrected chi connectivity index (χ1v) is 6.05. The third kappa shape index (κ3) is 3.09. The molecular weight excluding hydrogens is 267 g/mol. The fraction of sp³-hybridized carbons (Fsp3) is 0.143. The van der Waals surface area contributed by atoms with Crippen molar-refractivity contribution in [2.75, 3.05) is 24.7 Å². The second kappa shape index (κ2) is 5.36. The van der Waals surface area contributed by atoms with Gasteiger partial charge in [-0.25, -0.2) is 4.39 Å². The molecule has 3 nitrogen and oxygen atoms in total. The average molecular weight is 281 g/mol. The summed E-state index contributed by atoms with van der Waals surface area (Å²) < 4.78 is 18.8. The van der Waals surface area contributed by atoms with Crippen LogP contribution in [0.5, 0.6) is 11.5 Å². The Balaban J connectivity index is 2.31. The predicted molar refractivity (Wildman–Crippen MR) is 76.7 cm³/mol. The van der Waals surface area contributed by atoms with Crippen molar-refractivity contribution < 1.29 is 9.13 Å². The molecule has 5 heteroatoms. The van der Waals surface area contributed by atoms with Crippen molar-refractivity contribution in [1.82, 2.24) is 0 Å². The molecule has 0 aliphatic carbocycles. The first-order chi connectivity index (χ1) is 8.97. The molecule has 0 saturated carbocycles. The number of hydrogen-bond donors (Lipinski definition) is 1. The van der Waals surface area contributed by atoms with Gasteiger partial charge in [0.1, 0.15) is 11.6 Å². The maximum Gasteiger partial charge on any atom is 0.152 e. The van der Waals surface area contributed by atoms with Crippen LogP contribution in [0.25, 0.3) is 0 Å². The van der Waals surface area contributed by atoms with Crippen LogP contribution in [0.15, 0.2) is 36.4 Å². The number of benzene rings is 2. The number of rotatable bonds is 3. The molecule has 2 aromatic carbocycles. The van der Waals surface area contributed by atoms with Gasteiger partial charge >= 0.3 is 0 Å². The molecule has 0 spiro atoms. The van der Waals surface area contributed by atoms with Crippen LogP contribution in [-0.4, -0.2) is 14.1 Å². The van der Waals surface area contributed by atoms with E-state index in [0.717, 1.165) is 11.8 Å². The summed E-state index contributed by atoms with van der Waals surface area (Å²) in [5.41, 5.74) is 6.90. The Bertz CT molecular complexity index is 602. The monoisotopic (exact) mass is 280 g/mol. The molecule has 0 saturated heterocycles. The quantitative estimate of drug-likeness (QED) is 0.866. The number of halogens is 2. The van der Waals surface area contributed by atoms with E-state index in [9.17, 15) is 4.39 Å². The van der Waals surface area contributed by atoms with Crippen LogP contribution in [0.1, 0.15) is 0 Å². The summed E-state index contributed by atoms with van der Waals surface area (Å²) in [6, 6.07) is 9.99. The Morgan fingerprint density at radius 3 is 2.63 bits per heavy atom. The molecule has 2 N–H and O–H groups in total. The molecule has 19 heavy (non-hydrogen) atoms. The summed E-state index contributed by atoms with van der Waals surface area (Å²) in [7, 11) is 3.87. The van der Waals surface area contributed by atoms with Gasteiger partial charge in [-0.2, -0.15) is 0 Å². The molecule has 0 heterocycles. The Morgan fingerprint density at radius 2 is 1.95 bits per heavy atom. The minimum Gasteiger partial charge on any atom is -0.455 e. The number of hydrogen-bond acceptors (Lipinski definition) is 3. The zero-order valence-electron chi connectivity index (χ0n) is 10.7.